The molecule has 0 aromatic heterocycles. The van der Waals surface area contributed by atoms with E-state index in [0.717, 1.165) is 12.6 Å². The van der Waals surface area contributed by atoms with Gasteiger partial charge in [0.25, 0.3) is 0 Å². The Morgan fingerprint density at radius 3 is 2.44 bits per heavy atom. The van der Waals surface area contributed by atoms with Crippen molar-refractivity contribution in [3.05, 3.63) is 0 Å². The Bertz CT molecular complexity index is 229. The third kappa shape index (κ3) is 3.21. The highest BCUT2D eigenvalue weighted by atomic mass is 14.9. The summed E-state index contributed by atoms with van der Waals surface area (Å²) in [4.78, 5) is 0. The number of hydrogen-bond acceptors (Lipinski definition) is 2. The molecule has 2 aliphatic rings. The molecule has 0 saturated heterocycles. The Labute approximate surface area is 100 Å². The van der Waals surface area contributed by atoms with Crippen LogP contribution in [0.25, 0.3) is 0 Å². The fourth-order valence-corrected chi connectivity index (χ4v) is 3.46. The quantitative estimate of drug-likeness (QED) is 0.770. The summed E-state index contributed by atoms with van der Waals surface area (Å²) in [6.07, 6.45) is 10.4. The number of rotatable bonds is 4. The molecule has 0 bridgehead atoms. The van der Waals surface area contributed by atoms with Crippen LogP contribution in [0.2, 0.25) is 0 Å². The molecule has 0 heterocycles. The Hall–Kier alpha value is -0.0800. The van der Waals surface area contributed by atoms with Crippen molar-refractivity contribution in [2.24, 2.45) is 11.1 Å². The summed E-state index contributed by atoms with van der Waals surface area (Å²) in [5.41, 5.74) is 7.09. The summed E-state index contributed by atoms with van der Waals surface area (Å²) >= 11 is 0. The molecular formula is C14H28N2. The maximum absolute atomic E-state index is 6.36. The van der Waals surface area contributed by atoms with E-state index in [1.807, 2.05) is 0 Å². The van der Waals surface area contributed by atoms with Crippen LogP contribution in [0.5, 0.6) is 0 Å². The van der Waals surface area contributed by atoms with Gasteiger partial charge in [-0.15, -0.1) is 0 Å². The summed E-state index contributed by atoms with van der Waals surface area (Å²) < 4.78 is 0. The molecule has 0 aromatic rings. The van der Waals surface area contributed by atoms with E-state index in [2.05, 4.69) is 19.2 Å². The highest BCUT2D eigenvalue weighted by Gasteiger charge is 2.32. The van der Waals surface area contributed by atoms with Gasteiger partial charge in [0.2, 0.25) is 0 Å². The lowest BCUT2D eigenvalue weighted by Gasteiger charge is -2.25. The predicted octanol–water partition coefficient (Wildman–Crippen LogP) is 2.82. The Balaban J connectivity index is 1.65. The van der Waals surface area contributed by atoms with Crippen molar-refractivity contribution in [3.8, 4) is 0 Å². The molecule has 2 fully saturated rings. The Morgan fingerprint density at radius 1 is 1.19 bits per heavy atom. The van der Waals surface area contributed by atoms with E-state index in [0.29, 0.717) is 5.41 Å². The smallest absolute Gasteiger partial charge is 0.0166 e. The minimum absolute atomic E-state index is 0.168. The average Bonchev–Trinajstić information content (AvgIpc) is 2.74. The van der Waals surface area contributed by atoms with Crippen molar-refractivity contribution in [1.29, 1.82) is 0 Å². The largest absolute Gasteiger partial charge is 0.325 e. The van der Waals surface area contributed by atoms with E-state index in [1.54, 1.807) is 0 Å². The summed E-state index contributed by atoms with van der Waals surface area (Å²) in [5, 5.41) is 3.71. The van der Waals surface area contributed by atoms with Gasteiger partial charge in [-0.1, -0.05) is 26.7 Å². The summed E-state index contributed by atoms with van der Waals surface area (Å²) in [7, 11) is 0. The van der Waals surface area contributed by atoms with E-state index in [1.165, 1.54) is 51.4 Å². The van der Waals surface area contributed by atoms with Gasteiger partial charge in [0.05, 0.1) is 0 Å². The zero-order chi connectivity index (χ0) is 11.6. The van der Waals surface area contributed by atoms with Gasteiger partial charge in [0, 0.05) is 11.6 Å². The highest BCUT2D eigenvalue weighted by Crippen LogP contribution is 2.37. The molecule has 2 aliphatic carbocycles. The topological polar surface area (TPSA) is 38.0 Å². The molecule has 1 atom stereocenters. The zero-order valence-electron chi connectivity index (χ0n) is 11.0. The van der Waals surface area contributed by atoms with Gasteiger partial charge in [-0.3, -0.25) is 0 Å². The third-order valence-electron chi connectivity index (χ3n) is 4.62. The summed E-state index contributed by atoms with van der Waals surface area (Å²) in [5.74, 6) is 0. The highest BCUT2D eigenvalue weighted by molar-refractivity contribution is 4.91. The van der Waals surface area contributed by atoms with Crippen LogP contribution in [-0.4, -0.2) is 18.1 Å². The van der Waals surface area contributed by atoms with Gasteiger partial charge in [0.1, 0.15) is 0 Å². The van der Waals surface area contributed by atoms with Crippen molar-refractivity contribution in [3.63, 3.8) is 0 Å². The molecule has 0 aromatic carbocycles. The second kappa shape index (κ2) is 4.66. The van der Waals surface area contributed by atoms with Crippen LogP contribution >= 0.6 is 0 Å². The lowest BCUT2D eigenvalue weighted by Crippen LogP contribution is -2.41. The first kappa shape index (κ1) is 12.4. The van der Waals surface area contributed by atoms with Crippen molar-refractivity contribution in [1.82, 2.24) is 5.32 Å². The predicted molar refractivity (Wildman–Crippen MR) is 69.4 cm³/mol. The molecule has 2 rings (SSSR count). The van der Waals surface area contributed by atoms with Crippen molar-refractivity contribution >= 4 is 0 Å². The first-order valence-electron chi connectivity index (χ1n) is 7.02. The van der Waals surface area contributed by atoms with Crippen LogP contribution in [0.4, 0.5) is 0 Å². The molecule has 0 radical (unpaired) electrons. The van der Waals surface area contributed by atoms with Crippen molar-refractivity contribution < 1.29 is 0 Å². The van der Waals surface area contributed by atoms with Crippen LogP contribution in [0.15, 0.2) is 0 Å². The van der Waals surface area contributed by atoms with E-state index < -0.39 is 0 Å². The minimum Gasteiger partial charge on any atom is -0.325 e. The summed E-state index contributed by atoms with van der Waals surface area (Å²) in [6.45, 7) is 5.89. The molecule has 16 heavy (non-hydrogen) atoms. The van der Waals surface area contributed by atoms with Gasteiger partial charge in [-0.25, -0.2) is 0 Å². The van der Waals surface area contributed by atoms with E-state index in [4.69, 9.17) is 5.73 Å². The molecule has 2 heteroatoms. The van der Waals surface area contributed by atoms with Gasteiger partial charge < -0.3 is 11.1 Å². The molecule has 0 aliphatic heterocycles. The summed E-state index contributed by atoms with van der Waals surface area (Å²) in [6, 6.07) is 0.750. The van der Waals surface area contributed by atoms with Gasteiger partial charge in [-0.2, -0.15) is 0 Å². The lowest BCUT2D eigenvalue weighted by atomic mass is 9.91. The fourth-order valence-electron chi connectivity index (χ4n) is 3.46. The first-order chi connectivity index (χ1) is 7.49. The van der Waals surface area contributed by atoms with E-state index in [9.17, 15) is 0 Å². The van der Waals surface area contributed by atoms with Gasteiger partial charge in [0.15, 0.2) is 0 Å². The average molecular weight is 224 g/mol. The lowest BCUT2D eigenvalue weighted by molar-refractivity contribution is 0.349. The molecule has 2 nitrogen and oxygen atoms in total. The van der Waals surface area contributed by atoms with Crippen LogP contribution < -0.4 is 11.1 Å². The van der Waals surface area contributed by atoms with Crippen molar-refractivity contribution in [2.75, 3.05) is 6.54 Å². The van der Waals surface area contributed by atoms with Gasteiger partial charge in [-0.05, 0) is 50.5 Å². The number of nitrogens with two attached hydrogens (primary N) is 1. The van der Waals surface area contributed by atoms with Crippen LogP contribution in [0.3, 0.4) is 0 Å². The van der Waals surface area contributed by atoms with Crippen LogP contribution in [0.1, 0.15) is 65.2 Å². The normalized spacial score (nSPS) is 32.1. The van der Waals surface area contributed by atoms with E-state index >= 15 is 0 Å². The second-order valence-corrected chi connectivity index (χ2v) is 6.88. The third-order valence-corrected chi connectivity index (χ3v) is 4.62. The molecular weight excluding hydrogens is 196 g/mol. The minimum atomic E-state index is 0.168. The van der Waals surface area contributed by atoms with Gasteiger partial charge >= 0.3 is 0 Å². The van der Waals surface area contributed by atoms with Crippen LogP contribution in [0, 0.1) is 5.41 Å². The Kier molecular flexibility index (Phi) is 3.60. The zero-order valence-corrected chi connectivity index (χ0v) is 11.0. The second-order valence-electron chi connectivity index (χ2n) is 6.88. The monoisotopic (exact) mass is 224 g/mol. The Morgan fingerprint density at radius 2 is 1.88 bits per heavy atom. The standard InChI is InChI=1S/C14H28N2/c1-13(2)8-5-12(11-13)16-10-9-14(15)6-3-4-7-14/h12,16H,3-11,15H2,1-2H3. The fraction of sp³-hybridized carbons (Fsp3) is 1.00. The molecule has 3 N–H and O–H groups in total. The molecule has 2 saturated carbocycles. The molecule has 0 spiro atoms. The first-order valence-corrected chi connectivity index (χ1v) is 7.02. The SMILES string of the molecule is CC1(C)CCC(NCCC2(N)CCCC2)C1. The number of hydrogen-bond donors (Lipinski definition) is 2. The number of nitrogens with one attached hydrogen (secondary N) is 1. The molecule has 0 amide bonds. The molecule has 94 valence electrons. The maximum atomic E-state index is 6.36. The molecule has 1 unspecified atom stereocenters. The maximum Gasteiger partial charge on any atom is 0.0166 e. The van der Waals surface area contributed by atoms with Crippen molar-refractivity contribution in [2.45, 2.75) is 76.8 Å². The van der Waals surface area contributed by atoms with E-state index in [-0.39, 0.29) is 5.54 Å². The van der Waals surface area contributed by atoms with Crippen LogP contribution in [-0.2, 0) is 0 Å².